The van der Waals surface area contributed by atoms with E-state index in [1.807, 2.05) is 0 Å². The smallest absolute Gasteiger partial charge is 0.330 e. The standard InChI is InChI=1S/C36H69NO3/c1-3-5-7-9-11-13-15-17-18-20-22-24-26-28-30-34(33-40-36(39)32-31-35(37)38)29-27-25-23-21-19-16-14-12-10-8-6-4-2/h31-32,34H,3-30,33H2,1-2H3,(H2,37,38). The highest BCUT2D eigenvalue weighted by molar-refractivity contribution is 5.93. The molecule has 0 saturated heterocycles. The number of nitrogens with two attached hydrogens (primary N) is 1. The Bertz CT molecular complexity index is 574. The van der Waals surface area contributed by atoms with E-state index in [0.29, 0.717) is 12.5 Å². The van der Waals surface area contributed by atoms with Gasteiger partial charge in [0.2, 0.25) is 5.91 Å². The van der Waals surface area contributed by atoms with Crippen LogP contribution in [0.15, 0.2) is 12.2 Å². The second-order valence-corrected chi connectivity index (χ2v) is 12.3. The van der Waals surface area contributed by atoms with Crippen molar-refractivity contribution in [2.45, 2.75) is 194 Å². The first-order valence-electron chi connectivity index (χ1n) is 17.7. The molecule has 0 aliphatic heterocycles. The molecule has 0 saturated carbocycles. The summed E-state index contributed by atoms with van der Waals surface area (Å²) in [7, 11) is 0. The van der Waals surface area contributed by atoms with Crippen LogP contribution in [-0.4, -0.2) is 18.5 Å². The fourth-order valence-corrected chi connectivity index (χ4v) is 5.61. The summed E-state index contributed by atoms with van der Waals surface area (Å²) in [6, 6.07) is 0. The molecule has 4 nitrogen and oxygen atoms in total. The number of primary amides is 1. The Balaban J connectivity index is 3.93. The van der Waals surface area contributed by atoms with Crippen LogP contribution in [0.4, 0.5) is 0 Å². The van der Waals surface area contributed by atoms with Crippen molar-refractivity contribution >= 4 is 11.9 Å². The summed E-state index contributed by atoms with van der Waals surface area (Å²) in [6.07, 6.45) is 40.0. The second-order valence-electron chi connectivity index (χ2n) is 12.3. The molecule has 1 atom stereocenters. The number of amides is 1. The van der Waals surface area contributed by atoms with Crippen molar-refractivity contribution in [2.24, 2.45) is 11.7 Å². The summed E-state index contributed by atoms with van der Waals surface area (Å²) in [5, 5.41) is 0. The maximum absolute atomic E-state index is 11.9. The highest BCUT2D eigenvalue weighted by atomic mass is 16.5. The Labute approximate surface area is 250 Å². The van der Waals surface area contributed by atoms with Crippen LogP contribution in [0.25, 0.3) is 0 Å². The predicted molar refractivity (Wildman–Crippen MR) is 173 cm³/mol. The minimum atomic E-state index is -0.618. The summed E-state index contributed by atoms with van der Waals surface area (Å²) in [5.41, 5.74) is 5.09. The molecule has 1 unspecified atom stereocenters. The SMILES string of the molecule is CCCCCCCCCCCCCCCCC(CCCCCCCCCCCCCC)COC(=O)C=CC(N)=O. The van der Waals surface area contributed by atoms with Gasteiger partial charge in [-0.05, 0) is 18.8 Å². The molecule has 0 radical (unpaired) electrons. The fourth-order valence-electron chi connectivity index (χ4n) is 5.61. The number of carbonyl (C=O) groups is 2. The van der Waals surface area contributed by atoms with Crippen LogP contribution in [0.3, 0.4) is 0 Å². The molecule has 0 aromatic heterocycles. The molecule has 0 aromatic carbocycles. The molecule has 0 aliphatic rings. The van der Waals surface area contributed by atoms with Crippen LogP contribution in [-0.2, 0) is 14.3 Å². The summed E-state index contributed by atoms with van der Waals surface area (Å²) in [5.74, 6) is -0.654. The Hall–Kier alpha value is -1.32. The monoisotopic (exact) mass is 564 g/mol. The molecule has 0 spiro atoms. The molecule has 4 heteroatoms. The van der Waals surface area contributed by atoms with Gasteiger partial charge in [-0.3, -0.25) is 4.79 Å². The van der Waals surface area contributed by atoms with Crippen LogP contribution in [0.2, 0.25) is 0 Å². The van der Waals surface area contributed by atoms with E-state index >= 15 is 0 Å². The number of carbonyl (C=O) groups excluding carboxylic acids is 2. The first kappa shape index (κ1) is 38.7. The lowest BCUT2D eigenvalue weighted by Gasteiger charge is -2.16. The zero-order valence-electron chi connectivity index (χ0n) is 27.0. The number of hydrogen-bond acceptors (Lipinski definition) is 3. The first-order valence-corrected chi connectivity index (χ1v) is 17.7. The van der Waals surface area contributed by atoms with Gasteiger partial charge in [0.05, 0.1) is 6.61 Å². The van der Waals surface area contributed by atoms with Gasteiger partial charge in [0.25, 0.3) is 0 Å². The van der Waals surface area contributed by atoms with E-state index in [2.05, 4.69) is 13.8 Å². The number of unbranched alkanes of at least 4 members (excludes halogenated alkanes) is 24. The molecule has 0 aromatic rings. The summed E-state index contributed by atoms with van der Waals surface area (Å²) < 4.78 is 5.45. The number of hydrogen-bond donors (Lipinski definition) is 1. The van der Waals surface area contributed by atoms with Gasteiger partial charge in [-0.15, -0.1) is 0 Å². The van der Waals surface area contributed by atoms with Crippen LogP contribution < -0.4 is 5.73 Å². The van der Waals surface area contributed by atoms with Gasteiger partial charge in [0.1, 0.15) is 0 Å². The Morgan fingerprint density at radius 2 is 0.800 bits per heavy atom. The molecule has 0 rings (SSSR count). The normalized spacial score (nSPS) is 12.2. The number of ether oxygens (including phenoxy) is 1. The van der Waals surface area contributed by atoms with Gasteiger partial charge in [-0.2, -0.15) is 0 Å². The van der Waals surface area contributed by atoms with Gasteiger partial charge in [0.15, 0.2) is 0 Å². The number of rotatable bonds is 32. The third-order valence-corrected chi connectivity index (χ3v) is 8.28. The molecule has 0 fully saturated rings. The van der Waals surface area contributed by atoms with E-state index in [-0.39, 0.29) is 0 Å². The van der Waals surface area contributed by atoms with E-state index in [4.69, 9.17) is 10.5 Å². The van der Waals surface area contributed by atoms with Crippen molar-refractivity contribution in [1.29, 1.82) is 0 Å². The quantitative estimate of drug-likeness (QED) is 0.0502. The molecule has 40 heavy (non-hydrogen) atoms. The van der Waals surface area contributed by atoms with E-state index < -0.39 is 11.9 Å². The average molecular weight is 564 g/mol. The highest BCUT2D eigenvalue weighted by Gasteiger charge is 2.11. The largest absolute Gasteiger partial charge is 0.462 e. The molecule has 236 valence electrons. The Morgan fingerprint density at radius 1 is 0.500 bits per heavy atom. The van der Waals surface area contributed by atoms with Crippen molar-refractivity contribution in [2.75, 3.05) is 6.61 Å². The summed E-state index contributed by atoms with van der Waals surface area (Å²) in [4.78, 5) is 22.8. The van der Waals surface area contributed by atoms with Gasteiger partial charge in [-0.25, -0.2) is 4.79 Å². The van der Waals surface area contributed by atoms with Crippen molar-refractivity contribution in [1.82, 2.24) is 0 Å². The van der Waals surface area contributed by atoms with Gasteiger partial charge >= 0.3 is 5.97 Å². The van der Waals surface area contributed by atoms with Crippen molar-refractivity contribution in [3.63, 3.8) is 0 Å². The van der Waals surface area contributed by atoms with E-state index in [1.54, 1.807) is 0 Å². The number of esters is 1. The van der Waals surface area contributed by atoms with Crippen LogP contribution in [0, 0.1) is 5.92 Å². The Morgan fingerprint density at radius 3 is 1.10 bits per heavy atom. The third-order valence-electron chi connectivity index (χ3n) is 8.28. The van der Waals surface area contributed by atoms with Crippen molar-refractivity contribution < 1.29 is 14.3 Å². The molecule has 2 N–H and O–H groups in total. The van der Waals surface area contributed by atoms with E-state index in [0.717, 1.165) is 25.0 Å². The van der Waals surface area contributed by atoms with Crippen LogP contribution >= 0.6 is 0 Å². The Kier molecular flexibility index (Phi) is 31.1. The fraction of sp³-hybridized carbons (Fsp3) is 0.889. The third kappa shape index (κ3) is 31.2. The van der Waals surface area contributed by atoms with E-state index in [1.165, 1.54) is 167 Å². The minimum absolute atomic E-state index is 0.423. The van der Waals surface area contributed by atoms with Gasteiger partial charge in [-0.1, -0.05) is 181 Å². The lowest BCUT2D eigenvalue weighted by Crippen LogP contribution is -2.14. The topological polar surface area (TPSA) is 69.4 Å². The lowest BCUT2D eigenvalue weighted by atomic mass is 9.94. The zero-order valence-corrected chi connectivity index (χ0v) is 27.0. The molecule has 1 amide bonds. The summed E-state index contributed by atoms with van der Waals surface area (Å²) in [6.45, 7) is 5.02. The van der Waals surface area contributed by atoms with Gasteiger partial charge < -0.3 is 10.5 Å². The zero-order chi connectivity index (χ0) is 29.4. The van der Waals surface area contributed by atoms with Crippen LogP contribution in [0.5, 0.6) is 0 Å². The average Bonchev–Trinajstić information content (AvgIpc) is 2.95. The maximum atomic E-state index is 11.9. The van der Waals surface area contributed by atoms with Crippen molar-refractivity contribution in [3.8, 4) is 0 Å². The van der Waals surface area contributed by atoms with Gasteiger partial charge in [0, 0.05) is 12.2 Å². The molecular weight excluding hydrogens is 494 g/mol. The molecule has 0 heterocycles. The van der Waals surface area contributed by atoms with Crippen LogP contribution in [0.1, 0.15) is 194 Å². The van der Waals surface area contributed by atoms with E-state index in [9.17, 15) is 9.59 Å². The lowest BCUT2D eigenvalue weighted by molar-refractivity contribution is -0.139. The van der Waals surface area contributed by atoms with Crippen molar-refractivity contribution in [3.05, 3.63) is 12.2 Å². The first-order chi connectivity index (χ1) is 19.6. The predicted octanol–water partition coefficient (Wildman–Crippen LogP) is 11.1. The molecular formula is C36H69NO3. The minimum Gasteiger partial charge on any atom is -0.462 e. The second kappa shape index (κ2) is 32.2. The highest BCUT2D eigenvalue weighted by Crippen LogP contribution is 2.21. The summed E-state index contributed by atoms with van der Waals surface area (Å²) >= 11 is 0. The molecule has 0 bridgehead atoms. The maximum Gasteiger partial charge on any atom is 0.330 e. The molecule has 0 aliphatic carbocycles.